The molecular formula is C19H21FN6OS. The molecule has 7 nitrogen and oxygen atoms in total. The van der Waals surface area contributed by atoms with E-state index in [2.05, 4.69) is 20.5 Å². The van der Waals surface area contributed by atoms with Gasteiger partial charge in [-0.05, 0) is 32.3 Å². The molecule has 0 aliphatic heterocycles. The Morgan fingerprint density at radius 3 is 2.61 bits per heavy atom. The Hall–Kier alpha value is -2.91. The van der Waals surface area contributed by atoms with Crippen LogP contribution in [0.2, 0.25) is 0 Å². The molecule has 0 aliphatic rings. The van der Waals surface area contributed by atoms with Crippen molar-refractivity contribution in [2.24, 2.45) is 0 Å². The molecule has 0 saturated carbocycles. The van der Waals surface area contributed by atoms with Crippen LogP contribution in [0.4, 0.5) is 14.3 Å². The van der Waals surface area contributed by atoms with E-state index in [1.54, 1.807) is 29.3 Å². The molecule has 0 spiro atoms. The first-order valence-electron chi connectivity index (χ1n) is 8.72. The Balaban J connectivity index is 1.72. The number of nitrogens with zero attached hydrogens (tertiary/aromatic N) is 5. The normalized spacial score (nSPS) is 10.9. The van der Waals surface area contributed by atoms with Crippen molar-refractivity contribution in [2.75, 3.05) is 32.5 Å². The predicted molar refractivity (Wildman–Crippen MR) is 108 cm³/mol. The summed E-state index contributed by atoms with van der Waals surface area (Å²) in [6, 6.07) is 11.6. The molecule has 3 aromatic rings. The number of rotatable bonds is 7. The fraction of sp³-hybridized carbons (Fsp3) is 0.263. The molecule has 0 saturated heterocycles. The molecule has 0 atom stereocenters. The first kappa shape index (κ1) is 19.8. The second kappa shape index (κ2) is 9.34. The van der Waals surface area contributed by atoms with Crippen LogP contribution in [-0.4, -0.2) is 58.2 Å². The van der Waals surface area contributed by atoms with E-state index < -0.39 is 0 Å². The summed E-state index contributed by atoms with van der Waals surface area (Å²) in [5.41, 5.74) is 1.15. The number of urea groups is 1. The lowest BCUT2D eigenvalue weighted by molar-refractivity contribution is 0.201. The highest BCUT2D eigenvalue weighted by atomic mass is 32.1. The number of anilines is 1. The van der Waals surface area contributed by atoms with Crippen molar-refractivity contribution >= 4 is 22.5 Å². The van der Waals surface area contributed by atoms with Gasteiger partial charge in [-0.25, -0.2) is 9.18 Å². The highest BCUT2D eigenvalue weighted by Gasteiger charge is 2.18. The van der Waals surface area contributed by atoms with Gasteiger partial charge in [0.15, 0.2) is 5.01 Å². The summed E-state index contributed by atoms with van der Waals surface area (Å²) in [5, 5.41) is 11.8. The molecule has 9 heteroatoms. The van der Waals surface area contributed by atoms with Gasteiger partial charge in [0.05, 0.1) is 6.54 Å². The maximum Gasteiger partial charge on any atom is 0.324 e. The quantitative estimate of drug-likeness (QED) is 0.658. The number of carbonyl (C=O) groups excluding carboxylic acids is 1. The Kier molecular flexibility index (Phi) is 6.62. The minimum absolute atomic E-state index is 0.165. The SMILES string of the molecule is CN(C)CCN(Cc1ccccc1F)C(=O)Nc1nnc(-c2ccccn2)s1. The molecule has 0 bridgehead atoms. The number of hydrogen-bond donors (Lipinski definition) is 1. The van der Waals surface area contributed by atoms with Crippen LogP contribution < -0.4 is 5.32 Å². The van der Waals surface area contributed by atoms with Crippen LogP contribution in [-0.2, 0) is 6.54 Å². The number of aromatic nitrogens is 3. The zero-order chi connectivity index (χ0) is 19.9. The largest absolute Gasteiger partial charge is 0.324 e. The molecule has 0 fully saturated rings. The lowest BCUT2D eigenvalue weighted by Gasteiger charge is -2.24. The molecule has 1 aromatic carbocycles. The van der Waals surface area contributed by atoms with Gasteiger partial charge in [0.2, 0.25) is 5.13 Å². The molecule has 2 aromatic heterocycles. The van der Waals surface area contributed by atoms with E-state index >= 15 is 0 Å². The van der Waals surface area contributed by atoms with Gasteiger partial charge in [-0.15, -0.1) is 10.2 Å². The summed E-state index contributed by atoms with van der Waals surface area (Å²) in [7, 11) is 3.84. The Bertz CT molecular complexity index is 918. The van der Waals surface area contributed by atoms with Crippen molar-refractivity contribution in [3.05, 3.63) is 60.0 Å². The highest BCUT2D eigenvalue weighted by molar-refractivity contribution is 7.18. The van der Waals surface area contributed by atoms with E-state index in [0.717, 1.165) is 0 Å². The standard InChI is InChI=1S/C19H21FN6OS/c1-25(2)11-12-26(13-14-7-3-4-8-15(14)20)19(27)22-18-24-23-17(28-18)16-9-5-6-10-21-16/h3-10H,11-13H2,1-2H3,(H,22,24,27). The van der Waals surface area contributed by atoms with E-state index in [-0.39, 0.29) is 18.4 Å². The van der Waals surface area contributed by atoms with Gasteiger partial charge in [-0.1, -0.05) is 35.6 Å². The van der Waals surface area contributed by atoms with Crippen LogP contribution in [0, 0.1) is 5.82 Å². The van der Waals surface area contributed by atoms with Crippen LogP contribution in [0.3, 0.4) is 0 Å². The fourth-order valence-corrected chi connectivity index (χ4v) is 3.15. The van der Waals surface area contributed by atoms with Crippen molar-refractivity contribution < 1.29 is 9.18 Å². The maximum absolute atomic E-state index is 14.0. The number of benzene rings is 1. The number of amides is 2. The molecule has 1 N–H and O–H groups in total. The van der Waals surface area contributed by atoms with Crippen molar-refractivity contribution in [1.82, 2.24) is 25.0 Å². The van der Waals surface area contributed by atoms with E-state index in [1.165, 1.54) is 17.4 Å². The van der Waals surface area contributed by atoms with Gasteiger partial charge in [0.25, 0.3) is 0 Å². The number of carbonyl (C=O) groups is 1. The monoisotopic (exact) mass is 400 g/mol. The molecule has 2 heterocycles. The average molecular weight is 400 g/mol. The van der Waals surface area contributed by atoms with Crippen molar-refractivity contribution in [3.63, 3.8) is 0 Å². The third kappa shape index (κ3) is 5.30. The highest BCUT2D eigenvalue weighted by Crippen LogP contribution is 2.24. The second-order valence-electron chi connectivity index (χ2n) is 6.37. The summed E-state index contributed by atoms with van der Waals surface area (Å²) < 4.78 is 14.0. The zero-order valence-corrected chi connectivity index (χ0v) is 16.5. The number of halogens is 1. The van der Waals surface area contributed by atoms with Gasteiger partial charge < -0.3 is 9.80 Å². The van der Waals surface area contributed by atoms with Crippen LogP contribution >= 0.6 is 11.3 Å². The summed E-state index contributed by atoms with van der Waals surface area (Å²) in [6.07, 6.45) is 1.67. The molecular weight excluding hydrogens is 379 g/mol. The summed E-state index contributed by atoms with van der Waals surface area (Å²) >= 11 is 1.24. The summed E-state index contributed by atoms with van der Waals surface area (Å²) in [4.78, 5) is 20.5. The third-order valence-corrected chi connectivity index (χ3v) is 4.81. The van der Waals surface area contributed by atoms with E-state index in [0.29, 0.717) is 34.5 Å². The third-order valence-electron chi connectivity index (χ3n) is 3.95. The molecule has 28 heavy (non-hydrogen) atoms. The molecule has 2 amide bonds. The van der Waals surface area contributed by atoms with Crippen LogP contribution in [0.15, 0.2) is 48.7 Å². The van der Waals surface area contributed by atoms with E-state index in [9.17, 15) is 9.18 Å². The molecule has 3 rings (SSSR count). The van der Waals surface area contributed by atoms with Gasteiger partial charge in [0.1, 0.15) is 11.5 Å². The zero-order valence-electron chi connectivity index (χ0n) is 15.7. The minimum atomic E-state index is -0.353. The number of hydrogen-bond acceptors (Lipinski definition) is 6. The van der Waals surface area contributed by atoms with E-state index in [1.807, 2.05) is 37.2 Å². The Labute approximate surface area is 166 Å². The Morgan fingerprint density at radius 1 is 1.11 bits per heavy atom. The smallest absolute Gasteiger partial charge is 0.319 e. The van der Waals surface area contributed by atoms with Gasteiger partial charge in [0, 0.05) is 24.8 Å². The number of nitrogens with one attached hydrogen (secondary N) is 1. The average Bonchev–Trinajstić information content (AvgIpc) is 3.15. The first-order valence-corrected chi connectivity index (χ1v) is 9.53. The van der Waals surface area contributed by atoms with Crippen molar-refractivity contribution in [1.29, 1.82) is 0 Å². The minimum Gasteiger partial charge on any atom is -0.319 e. The van der Waals surface area contributed by atoms with Crippen molar-refractivity contribution in [2.45, 2.75) is 6.54 Å². The van der Waals surface area contributed by atoms with Crippen LogP contribution in [0.25, 0.3) is 10.7 Å². The summed E-state index contributed by atoms with van der Waals surface area (Å²) in [6.45, 7) is 1.26. The lowest BCUT2D eigenvalue weighted by atomic mass is 10.2. The topological polar surface area (TPSA) is 74.2 Å². The first-order chi connectivity index (χ1) is 13.5. The number of likely N-dealkylation sites (N-methyl/N-ethyl adjacent to an activating group) is 1. The Morgan fingerprint density at radius 2 is 1.89 bits per heavy atom. The van der Waals surface area contributed by atoms with Gasteiger partial charge in [-0.3, -0.25) is 10.3 Å². The number of pyridine rings is 1. The predicted octanol–water partition coefficient (Wildman–Crippen LogP) is 3.33. The van der Waals surface area contributed by atoms with Gasteiger partial charge >= 0.3 is 6.03 Å². The van der Waals surface area contributed by atoms with Crippen LogP contribution in [0.5, 0.6) is 0 Å². The maximum atomic E-state index is 14.0. The van der Waals surface area contributed by atoms with Crippen LogP contribution in [0.1, 0.15) is 5.56 Å². The molecule has 146 valence electrons. The van der Waals surface area contributed by atoms with Crippen molar-refractivity contribution in [3.8, 4) is 10.7 Å². The lowest BCUT2D eigenvalue weighted by Crippen LogP contribution is -2.39. The van der Waals surface area contributed by atoms with E-state index in [4.69, 9.17) is 0 Å². The molecule has 0 aliphatic carbocycles. The molecule has 0 radical (unpaired) electrons. The molecule has 0 unspecified atom stereocenters. The summed E-state index contributed by atoms with van der Waals surface area (Å²) in [5.74, 6) is -0.335. The second-order valence-corrected chi connectivity index (χ2v) is 7.35. The van der Waals surface area contributed by atoms with Gasteiger partial charge in [-0.2, -0.15) is 0 Å². The fourth-order valence-electron chi connectivity index (χ4n) is 2.44.